The van der Waals surface area contributed by atoms with Gasteiger partial charge in [0, 0.05) is 56.5 Å². The summed E-state index contributed by atoms with van der Waals surface area (Å²) in [5.74, 6) is 0.0441. The Kier molecular flexibility index (Phi) is 8.71. The Hall–Kier alpha value is -3.68. The van der Waals surface area contributed by atoms with E-state index in [0.717, 1.165) is 34.6 Å². The zero-order valence-electron chi connectivity index (χ0n) is 24.2. The first-order chi connectivity index (χ1) is 20.0. The summed E-state index contributed by atoms with van der Waals surface area (Å²) in [5.41, 5.74) is 4.39. The van der Waals surface area contributed by atoms with Gasteiger partial charge in [0.1, 0.15) is 6.04 Å². The molecule has 9 heteroatoms. The Balaban J connectivity index is 1.36. The quantitative estimate of drug-likeness (QED) is 0.234. The lowest BCUT2D eigenvalue weighted by Gasteiger charge is -2.52. The Morgan fingerprint density at radius 2 is 1.81 bits per heavy atom. The van der Waals surface area contributed by atoms with Crippen molar-refractivity contribution in [3.8, 4) is 16.9 Å². The number of nitrogens with zero attached hydrogens (tertiary/aromatic N) is 4. The summed E-state index contributed by atoms with van der Waals surface area (Å²) in [7, 11) is 3.42. The largest absolute Gasteiger partial charge is 0.347 e. The summed E-state index contributed by atoms with van der Waals surface area (Å²) in [6, 6.07) is 20.6. The predicted octanol–water partition coefficient (Wildman–Crippen LogP) is 6.58. The second-order valence-corrected chi connectivity index (χ2v) is 12.6. The van der Waals surface area contributed by atoms with E-state index in [-0.39, 0.29) is 29.1 Å². The van der Waals surface area contributed by atoms with Gasteiger partial charge in [-0.1, -0.05) is 67.4 Å². The maximum Gasteiger partial charge on any atom is 0.244 e. The van der Waals surface area contributed by atoms with Gasteiger partial charge in [0.25, 0.3) is 0 Å². The minimum Gasteiger partial charge on any atom is -0.347 e. The van der Waals surface area contributed by atoms with Crippen LogP contribution in [0.4, 0.5) is 0 Å². The van der Waals surface area contributed by atoms with Gasteiger partial charge in [-0.2, -0.15) is 5.10 Å². The zero-order chi connectivity index (χ0) is 30.0. The summed E-state index contributed by atoms with van der Waals surface area (Å²) in [6.45, 7) is 4.39. The summed E-state index contributed by atoms with van der Waals surface area (Å²) < 4.78 is 1.93. The second-order valence-electron chi connectivity index (χ2n) is 11.8. The van der Waals surface area contributed by atoms with Gasteiger partial charge in [0.05, 0.1) is 21.4 Å². The van der Waals surface area contributed by atoms with Crippen molar-refractivity contribution in [1.82, 2.24) is 25.0 Å². The fourth-order valence-electron chi connectivity index (χ4n) is 5.83. The molecule has 4 aromatic rings. The SMILES string of the molecule is CN(C)C(=O)[C@H](Cc1ccccc1)NC(=O)C[C@H]1C[C@@H](c2cc(-c3cccnc3)nn2-c2ccc(Cl)c(Cl)c2)C1(C)C. The molecule has 42 heavy (non-hydrogen) atoms. The topological polar surface area (TPSA) is 80.1 Å². The van der Waals surface area contributed by atoms with Crippen molar-refractivity contribution in [1.29, 1.82) is 0 Å². The molecule has 0 bridgehead atoms. The van der Waals surface area contributed by atoms with Crippen molar-refractivity contribution in [2.24, 2.45) is 11.3 Å². The second kappa shape index (κ2) is 12.3. The average molecular weight is 605 g/mol. The molecule has 0 saturated heterocycles. The van der Waals surface area contributed by atoms with Gasteiger partial charge in [-0.05, 0) is 59.7 Å². The summed E-state index contributed by atoms with van der Waals surface area (Å²) >= 11 is 12.6. The third-order valence-electron chi connectivity index (χ3n) is 8.46. The van der Waals surface area contributed by atoms with Crippen LogP contribution in [0.2, 0.25) is 10.0 Å². The molecule has 1 N–H and O–H groups in total. The van der Waals surface area contributed by atoms with Crippen molar-refractivity contribution in [3.05, 3.63) is 100 Å². The molecule has 0 radical (unpaired) electrons. The maximum absolute atomic E-state index is 13.3. The molecule has 2 aromatic carbocycles. The summed E-state index contributed by atoms with van der Waals surface area (Å²) in [6.07, 6.45) is 5.13. The van der Waals surface area contributed by atoms with Gasteiger partial charge < -0.3 is 10.2 Å². The number of carbonyl (C=O) groups excluding carboxylic acids is 2. The molecule has 0 spiro atoms. The first-order valence-corrected chi connectivity index (χ1v) is 14.8. The minimum absolute atomic E-state index is 0.114. The van der Waals surface area contributed by atoms with E-state index >= 15 is 0 Å². The van der Waals surface area contributed by atoms with Gasteiger partial charge in [-0.15, -0.1) is 0 Å². The van der Waals surface area contributed by atoms with Gasteiger partial charge in [0.2, 0.25) is 11.8 Å². The van der Waals surface area contributed by atoms with Gasteiger partial charge >= 0.3 is 0 Å². The number of rotatable bonds is 9. The fourth-order valence-corrected chi connectivity index (χ4v) is 6.12. The number of benzene rings is 2. The van der Waals surface area contributed by atoms with Crippen LogP contribution >= 0.6 is 23.2 Å². The molecule has 5 rings (SSSR count). The number of pyridine rings is 1. The Labute approximate surface area is 256 Å². The van der Waals surface area contributed by atoms with E-state index in [1.807, 2.05) is 59.3 Å². The van der Waals surface area contributed by atoms with E-state index in [4.69, 9.17) is 28.3 Å². The first kappa shape index (κ1) is 29.8. The molecule has 218 valence electrons. The van der Waals surface area contributed by atoms with Crippen LogP contribution in [-0.2, 0) is 16.0 Å². The van der Waals surface area contributed by atoms with Crippen molar-refractivity contribution in [2.75, 3.05) is 14.1 Å². The van der Waals surface area contributed by atoms with Crippen LogP contribution in [0.25, 0.3) is 16.9 Å². The molecule has 3 atom stereocenters. The molecule has 1 saturated carbocycles. The highest BCUT2D eigenvalue weighted by molar-refractivity contribution is 6.42. The van der Waals surface area contributed by atoms with E-state index in [1.54, 1.807) is 32.6 Å². The van der Waals surface area contributed by atoms with Gasteiger partial charge in [-0.3, -0.25) is 14.6 Å². The van der Waals surface area contributed by atoms with Crippen molar-refractivity contribution < 1.29 is 9.59 Å². The van der Waals surface area contributed by atoms with Crippen LogP contribution in [0.3, 0.4) is 0 Å². The van der Waals surface area contributed by atoms with E-state index < -0.39 is 6.04 Å². The van der Waals surface area contributed by atoms with Gasteiger partial charge in [0.15, 0.2) is 0 Å². The van der Waals surface area contributed by atoms with E-state index in [2.05, 4.69) is 30.2 Å². The number of halogens is 2. The van der Waals surface area contributed by atoms with Crippen LogP contribution in [0, 0.1) is 11.3 Å². The minimum atomic E-state index is -0.619. The Bertz CT molecular complexity index is 1570. The zero-order valence-corrected chi connectivity index (χ0v) is 25.7. The van der Waals surface area contributed by atoms with Crippen LogP contribution in [0.5, 0.6) is 0 Å². The lowest BCUT2D eigenvalue weighted by molar-refractivity contribution is -0.135. The molecule has 1 aliphatic rings. The highest BCUT2D eigenvalue weighted by Crippen LogP contribution is 2.58. The predicted molar refractivity (Wildman–Crippen MR) is 167 cm³/mol. The van der Waals surface area contributed by atoms with Crippen molar-refractivity contribution in [3.63, 3.8) is 0 Å². The molecule has 7 nitrogen and oxygen atoms in total. The third-order valence-corrected chi connectivity index (χ3v) is 9.20. The molecular weight excluding hydrogens is 569 g/mol. The van der Waals surface area contributed by atoms with Crippen LogP contribution < -0.4 is 5.32 Å². The molecule has 2 amide bonds. The lowest BCUT2D eigenvalue weighted by atomic mass is 9.52. The normalized spacial score (nSPS) is 18.1. The number of amides is 2. The number of hydrogen-bond donors (Lipinski definition) is 1. The number of carbonyl (C=O) groups is 2. The van der Waals surface area contributed by atoms with E-state index in [0.29, 0.717) is 22.9 Å². The molecule has 1 aliphatic carbocycles. The highest BCUT2D eigenvalue weighted by atomic mass is 35.5. The monoisotopic (exact) mass is 603 g/mol. The molecule has 0 aliphatic heterocycles. The fraction of sp³-hybridized carbons (Fsp3) is 0.333. The smallest absolute Gasteiger partial charge is 0.244 e. The standard InChI is InChI=1S/C33H35Cl2N5O2/c1-33(2)23(17-31(41)37-29(32(42)39(3)4)15-21-9-6-5-7-10-21)16-25(33)30-19-28(22-11-8-14-36-20-22)38-40(30)24-12-13-26(34)27(35)18-24/h5-14,18-20,23,25,29H,15-17H2,1-4H3,(H,37,41)/t23-,25+,29+/m1/s1. The van der Waals surface area contributed by atoms with Crippen molar-refractivity contribution in [2.45, 2.75) is 45.1 Å². The Morgan fingerprint density at radius 3 is 2.45 bits per heavy atom. The number of hydrogen-bond acceptors (Lipinski definition) is 4. The summed E-state index contributed by atoms with van der Waals surface area (Å²) in [4.78, 5) is 32.0. The number of aromatic nitrogens is 3. The first-order valence-electron chi connectivity index (χ1n) is 14.0. The maximum atomic E-state index is 13.3. The number of likely N-dealkylation sites (N-methyl/N-ethyl adjacent to an activating group) is 1. The Morgan fingerprint density at radius 1 is 1.05 bits per heavy atom. The average Bonchev–Trinajstić information content (AvgIpc) is 3.41. The molecule has 0 unspecified atom stereocenters. The van der Waals surface area contributed by atoms with Crippen LogP contribution in [0.15, 0.2) is 79.1 Å². The highest BCUT2D eigenvalue weighted by Gasteiger charge is 2.50. The molecule has 2 heterocycles. The van der Waals surface area contributed by atoms with Crippen LogP contribution in [0.1, 0.15) is 43.9 Å². The number of nitrogens with one attached hydrogen (secondary N) is 1. The van der Waals surface area contributed by atoms with E-state index in [9.17, 15) is 9.59 Å². The molecular formula is C33H35Cl2N5O2. The molecule has 2 aromatic heterocycles. The third kappa shape index (κ3) is 6.22. The molecule has 1 fully saturated rings. The van der Waals surface area contributed by atoms with Gasteiger partial charge in [-0.25, -0.2) is 4.68 Å². The summed E-state index contributed by atoms with van der Waals surface area (Å²) in [5, 5.41) is 8.91. The van der Waals surface area contributed by atoms with Crippen LogP contribution in [-0.4, -0.2) is 51.6 Å². The van der Waals surface area contributed by atoms with E-state index in [1.165, 1.54) is 4.90 Å². The lowest BCUT2D eigenvalue weighted by Crippen LogP contribution is -2.50. The van der Waals surface area contributed by atoms with Crippen molar-refractivity contribution >= 4 is 35.0 Å².